The quantitative estimate of drug-likeness (QED) is 0.854. The average Bonchev–Trinajstić information content (AvgIpc) is 3.19. The van der Waals surface area contributed by atoms with Crippen LogP contribution in [0.2, 0.25) is 0 Å². The van der Waals surface area contributed by atoms with E-state index in [1.807, 2.05) is 0 Å². The number of piperazine rings is 1. The fourth-order valence-electron chi connectivity index (χ4n) is 4.03. The van der Waals surface area contributed by atoms with E-state index in [1.165, 1.54) is 25.8 Å². The maximum atomic E-state index is 12.7. The third-order valence-corrected chi connectivity index (χ3v) is 5.79. The van der Waals surface area contributed by atoms with Gasteiger partial charge in [0.2, 0.25) is 5.91 Å². The SMILES string of the molecule is CC(C)CCN1CCN(C(=O)C2CC23CCNCC3)CC1. The number of carbonyl (C=O) groups excluding carboxylic acids is 1. The predicted molar refractivity (Wildman–Crippen MR) is 85.1 cm³/mol. The smallest absolute Gasteiger partial charge is 0.226 e. The van der Waals surface area contributed by atoms with Crippen molar-refractivity contribution in [2.24, 2.45) is 17.3 Å². The molecule has 1 atom stereocenters. The van der Waals surface area contributed by atoms with Gasteiger partial charge in [0.05, 0.1) is 0 Å². The summed E-state index contributed by atoms with van der Waals surface area (Å²) in [6, 6.07) is 0. The van der Waals surface area contributed by atoms with Gasteiger partial charge in [0.25, 0.3) is 0 Å². The van der Waals surface area contributed by atoms with Crippen molar-refractivity contribution in [1.82, 2.24) is 15.1 Å². The fourth-order valence-corrected chi connectivity index (χ4v) is 4.03. The Labute approximate surface area is 129 Å². The lowest BCUT2D eigenvalue weighted by atomic mass is 9.91. The summed E-state index contributed by atoms with van der Waals surface area (Å²) in [4.78, 5) is 17.4. The first kappa shape index (κ1) is 15.3. The van der Waals surface area contributed by atoms with E-state index in [9.17, 15) is 4.79 Å². The molecule has 21 heavy (non-hydrogen) atoms. The Morgan fingerprint density at radius 1 is 1.19 bits per heavy atom. The maximum absolute atomic E-state index is 12.7. The Kier molecular flexibility index (Phi) is 4.55. The normalized spacial score (nSPS) is 29.1. The van der Waals surface area contributed by atoms with Crippen LogP contribution >= 0.6 is 0 Å². The van der Waals surface area contributed by atoms with Gasteiger partial charge in [0.15, 0.2) is 0 Å². The van der Waals surface area contributed by atoms with E-state index in [4.69, 9.17) is 0 Å². The summed E-state index contributed by atoms with van der Waals surface area (Å²) < 4.78 is 0. The number of rotatable bonds is 4. The zero-order chi connectivity index (χ0) is 14.9. The molecule has 3 rings (SSSR count). The predicted octanol–water partition coefficient (Wildman–Crippen LogP) is 1.57. The summed E-state index contributed by atoms with van der Waals surface area (Å²) in [5.74, 6) is 1.58. The van der Waals surface area contributed by atoms with Crippen molar-refractivity contribution in [2.75, 3.05) is 45.8 Å². The molecule has 0 aromatic rings. The summed E-state index contributed by atoms with van der Waals surface area (Å²) in [5.41, 5.74) is 0.386. The van der Waals surface area contributed by atoms with Gasteiger partial charge in [-0.2, -0.15) is 0 Å². The minimum absolute atomic E-state index is 0.349. The molecule has 1 aliphatic carbocycles. The van der Waals surface area contributed by atoms with Crippen molar-refractivity contribution < 1.29 is 4.79 Å². The molecule has 0 radical (unpaired) electrons. The standard InChI is InChI=1S/C17H31N3O/c1-14(2)3-8-19-9-11-20(12-10-19)16(21)15-13-17(15)4-6-18-7-5-17/h14-15,18H,3-13H2,1-2H3. The van der Waals surface area contributed by atoms with E-state index in [1.54, 1.807) is 0 Å². The number of nitrogens with one attached hydrogen (secondary N) is 1. The van der Waals surface area contributed by atoms with Crippen molar-refractivity contribution in [1.29, 1.82) is 0 Å². The summed E-state index contributed by atoms with van der Waals surface area (Å²) in [6.45, 7) is 12.0. The van der Waals surface area contributed by atoms with Gasteiger partial charge in [-0.3, -0.25) is 9.69 Å². The molecule has 1 spiro atoms. The van der Waals surface area contributed by atoms with E-state index in [0.29, 0.717) is 17.2 Å². The molecular formula is C17H31N3O. The van der Waals surface area contributed by atoms with Gasteiger partial charge in [-0.25, -0.2) is 0 Å². The second-order valence-corrected chi connectivity index (χ2v) is 7.72. The van der Waals surface area contributed by atoms with Gasteiger partial charge in [-0.15, -0.1) is 0 Å². The highest BCUT2D eigenvalue weighted by Crippen LogP contribution is 2.59. The second kappa shape index (κ2) is 6.25. The minimum Gasteiger partial charge on any atom is -0.340 e. The first-order valence-electron chi connectivity index (χ1n) is 8.83. The molecule has 4 heteroatoms. The monoisotopic (exact) mass is 293 g/mol. The number of hydrogen-bond donors (Lipinski definition) is 1. The van der Waals surface area contributed by atoms with Crippen LogP contribution in [0.1, 0.15) is 39.5 Å². The summed E-state index contributed by atoms with van der Waals surface area (Å²) in [5, 5.41) is 3.42. The Hall–Kier alpha value is -0.610. The summed E-state index contributed by atoms with van der Waals surface area (Å²) >= 11 is 0. The molecular weight excluding hydrogens is 262 g/mol. The summed E-state index contributed by atoms with van der Waals surface area (Å²) in [6.07, 6.45) is 4.84. The Morgan fingerprint density at radius 3 is 2.48 bits per heavy atom. The highest BCUT2D eigenvalue weighted by Gasteiger charge is 2.58. The first-order chi connectivity index (χ1) is 10.1. The van der Waals surface area contributed by atoms with Crippen LogP contribution in [0.3, 0.4) is 0 Å². The van der Waals surface area contributed by atoms with Gasteiger partial charge in [-0.1, -0.05) is 13.8 Å². The van der Waals surface area contributed by atoms with Crippen molar-refractivity contribution in [3.05, 3.63) is 0 Å². The Bertz CT molecular complexity index is 368. The van der Waals surface area contributed by atoms with Crippen LogP contribution in [0.4, 0.5) is 0 Å². The lowest BCUT2D eigenvalue weighted by Gasteiger charge is -2.36. The fraction of sp³-hybridized carbons (Fsp3) is 0.941. The summed E-state index contributed by atoms with van der Waals surface area (Å²) in [7, 11) is 0. The van der Waals surface area contributed by atoms with Crippen LogP contribution < -0.4 is 5.32 Å². The molecule has 3 fully saturated rings. The van der Waals surface area contributed by atoms with Crippen LogP contribution in [0.15, 0.2) is 0 Å². The average molecular weight is 293 g/mol. The van der Waals surface area contributed by atoms with E-state index in [2.05, 4.69) is 29.0 Å². The molecule has 0 aromatic carbocycles. The number of carbonyl (C=O) groups is 1. The molecule has 1 N–H and O–H groups in total. The largest absolute Gasteiger partial charge is 0.340 e. The van der Waals surface area contributed by atoms with Crippen molar-refractivity contribution in [3.63, 3.8) is 0 Å². The van der Waals surface area contributed by atoms with Crippen LogP contribution in [-0.4, -0.2) is 61.5 Å². The van der Waals surface area contributed by atoms with Crippen molar-refractivity contribution in [2.45, 2.75) is 39.5 Å². The van der Waals surface area contributed by atoms with Gasteiger partial charge < -0.3 is 10.2 Å². The molecule has 2 saturated heterocycles. The molecule has 4 nitrogen and oxygen atoms in total. The molecule has 120 valence electrons. The van der Waals surface area contributed by atoms with Crippen molar-refractivity contribution in [3.8, 4) is 0 Å². The minimum atomic E-state index is 0.349. The number of amides is 1. The molecule has 0 aromatic heterocycles. The third kappa shape index (κ3) is 3.42. The van der Waals surface area contributed by atoms with E-state index in [0.717, 1.165) is 51.6 Å². The zero-order valence-corrected chi connectivity index (χ0v) is 13.7. The van der Waals surface area contributed by atoms with Gasteiger partial charge >= 0.3 is 0 Å². The third-order valence-electron chi connectivity index (χ3n) is 5.79. The van der Waals surface area contributed by atoms with E-state index in [-0.39, 0.29) is 0 Å². The molecule has 3 aliphatic rings. The molecule has 1 unspecified atom stereocenters. The lowest BCUT2D eigenvalue weighted by Crippen LogP contribution is -2.50. The number of piperidine rings is 1. The molecule has 2 aliphatic heterocycles. The van der Waals surface area contributed by atoms with E-state index >= 15 is 0 Å². The number of hydrogen-bond acceptors (Lipinski definition) is 3. The zero-order valence-electron chi connectivity index (χ0n) is 13.7. The van der Waals surface area contributed by atoms with Crippen LogP contribution in [-0.2, 0) is 4.79 Å². The molecule has 1 saturated carbocycles. The van der Waals surface area contributed by atoms with E-state index < -0.39 is 0 Å². The van der Waals surface area contributed by atoms with Gasteiger partial charge in [0, 0.05) is 32.1 Å². The van der Waals surface area contributed by atoms with Crippen molar-refractivity contribution >= 4 is 5.91 Å². The van der Waals surface area contributed by atoms with Crippen LogP contribution in [0.25, 0.3) is 0 Å². The maximum Gasteiger partial charge on any atom is 0.226 e. The lowest BCUT2D eigenvalue weighted by molar-refractivity contribution is -0.135. The van der Waals surface area contributed by atoms with Crippen LogP contribution in [0, 0.1) is 17.3 Å². The second-order valence-electron chi connectivity index (χ2n) is 7.72. The van der Waals surface area contributed by atoms with Gasteiger partial charge in [-0.05, 0) is 56.7 Å². The first-order valence-corrected chi connectivity index (χ1v) is 8.83. The highest BCUT2D eigenvalue weighted by molar-refractivity contribution is 5.82. The molecule has 2 heterocycles. The molecule has 1 amide bonds. The highest BCUT2D eigenvalue weighted by atomic mass is 16.2. The molecule has 0 bridgehead atoms. The van der Waals surface area contributed by atoms with Crippen LogP contribution in [0.5, 0.6) is 0 Å². The Morgan fingerprint density at radius 2 is 1.86 bits per heavy atom. The topological polar surface area (TPSA) is 35.6 Å². The Balaban J connectivity index is 1.43. The van der Waals surface area contributed by atoms with Gasteiger partial charge in [0.1, 0.15) is 0 Å². The number of nitrogens with zero attached hydrogens (tertiary/aromatic N) is 2.